The molecule has 0 unspecified atom stereocenters. The van der Waals surface area contributed by atoms with Crippen molar-refractivity contribution in [2.24, 2.45) is 5.92 Å². The van der Waals surface area contributed by atoms with Crippen molar-refractivity contribution in [3.05, 3.63) is 94.5 Å². The van der Waals surface area contributed by atoms with Crippen molar-refractivity contribution in [3.8, 4) is 0 Å². The van der Waals surface area contributed by atoms with Gasteiger partial charge in [-0.1, -0.05) is 61.0 Å². The van der Waals surface area contributed by atoms with Crippen molar-refractivity contribution in [3.63, 3.8) is 0 Å². The molecule has 0 aromatic heterocycles. The van der Waals surface area contributed by atoms with Gasteiger partial charge in [-0.05, 0) is 61.0 Å². The van der Waals surface area contributed by atoms with Gasteiger partial charge in [0.2, 0.25) is 14.3 Å². The zero-order valence-corrected chi connectivity index (χ0v) is 25.1. The van der Waals surface area contributed by atoms with Gasteiger partial charge in [-0.2, -0.15) is 0 Å². The number of ether oxygens (including phenoxy) is 1. The van der Waals surface area contributed by atoms with Crippen LogP contribution in [-0.2, 0) is 32.9 Å². The molecule has 0 aliphatic carbocycles. The fourth-order valence-corrected chi connectivity index (χ4v) is 9.98. The lowest BCUT2D eigenvalue weighted by molar-refractivity contribution is -0.150. The summed E-state index contributed by atoms with van der Waals surface area (Å²) >= 11 is 6.46. The first kappa shape index (κ1) is 28.1. The molecule has 1 N–H and O–H groups in total. The lowest BCUT2D eigenvalue weighted by Crippen LogP contribution is -2.48. The van der Waals surface area contributed by atoms with Crippen LogP contribution < -0.4 is 4.90 Å². The minimum Gasteiger partial charge on any atom is -0.394 e. The zero-order valence-electron chi connectivity index (χ0n) is 23.4. The highest BCUT2D eigenvalue weighted by Gasteiger charge is 2.67. The van der Waals surface area contributed by atoms with E-state index in [1.54, 1.807) is 41.1 Å². The molecule has 2 amide bonds. The maximum absolute atomic E-state index is 16.2. The lowest BCUT2D eigenvalue weighted by Gasteiger charge is -2.37. The molecule has 214 valence electrons. The van der Waals surface area contributed by atoms with Gasteiger partial charge in [0.05, 0.1) is 30.9 Å². The number of benzene rings is 3. The van der Waals surface area contributed by atoms with Crippen LogP contribution in [0.5, 0.6) is 0 Å². The smallest absolute Gasteiger partial charge is 0.268 e. The van der Waals surface area contributed by atoms with Crippen molar-refractivity contribution in [2.45, 2.75) is 62.7 Å². The van der Waals surface area contributed by atoms with E-state index in [0.29, 0.717) is 34.9 Å². The van der Waals surface area contributed by atoms with E-state index in [0.717, 1.165) is 11.1 Å². The van der Waals surface area contributed by atoms with E-state index in [2.05, 4.69) is 0 Å². The molecule has 1 saturated heterocycles. The largest absolute Gasteiger partial charge is 0.394 e. The monoisotopic (exact) mass is 592 g/mol. The van der Waals surface area contributed by atoms with Crippen molar-refractivity contribution < 1.29 is 23.5 Å². The van der Waals surface area contributed by atoms with Crippen LogP contribution in [0.15, 0.2) is 72.8 Å². The van der Waals surface area contributed by atoms with E-state index in [-0.39, 0.29) is 30.9 Å². The van der Waals surface area contributed by atoms with Gasteiger partial charge in [-0.3, -0.25) is 14.5 Å². The van der Waals surface area contributed by atoms with Crippen LogP contribution in [0.3, 0.4) is 0 Å². The van der Waals surface area contributed by atoms with E-state index in [4.69, 9.17) is 16.3 Å². The van der Waals surface area contributed by atoms with E-state index < -0.39 is 31.6 Å². The van der Waals surface area contributed by atoms with Gasteiger partial charge in [0.15, 0.2) is 5.60 Å². The number of halogens is 2. The molecule has 3 aliphatic rings. The van der Waals surface area contributed by atoms with E-state index in [1.165, 1.54) is 0 Å². The van der Waals surface area contributed by atoms with Gasteiger partial charge >= 0.3 is 0 Å². The standard InChI is InChI=1S/C32H34ClFN2O4Si/c1-20-30(41(2,3)34)28(17-29(38)35-18-22-10-8-7-9-21(22)15-25(35)19-37)40-32(20)26-16-23(33)13-14-27(26)36(31(32)39)24-11-5-4-6-12-24/h4-14,16,20,25,28,30,37H,15,17-19H2,1-3H3/t20-,25+,28+,30-,32+/m1/s1. The highest BCUT2D eigenvalue weighted by Crippen LogP contribution is 2.61. The molecule has 1 fully saturated rings. The summed E-state index contributed by atoms with van der Waals surface area (Å²) in [5.41, 5.74) is 1.97. The van der Waals surface area contributed by atoms with Crippen molar-refractivity contribution in [1.29, 1.82) is 0 Å². The molecule has 9 heteroatoms. The van der Waals surface area contributed by atoms with E-state index in [1.807, 2.05) is 61.5 Å². The molecule has 6 rings (SSSR count). The van der Waals surface area contributed by atoms with Gasteiger partial charge in [0.25, 0.3) is 5.91 Å². The number of fused-ring (bicyclic) bond motifs is 3. The van der Waals surface area contributed by atoms with Gasteiger partial charge in [-0.15, -0.1) is 0 Å². The number of carbonyl (C=O) groups excluding carboxylic acids is 2. The molecule has 1 spiro atoms. The fourth-order valence-electron chi connectivity index (χ4n) is 7.31. The van der Waals surface area contributed by atoms with Crippen LogP contribution in [0.4, 0.5) is 15.5 Å². The molecule has 0 radical (unpaired) electrons. The number of anilines is 2. The highest BCUT2D eigenvalue weighted by molar-refractivity contribution is 6.72. The summed E-state index contributed by atoms with van der Waals surface area (Å²) in [6.07, 6.45) is -0.343. The fraction of sp³-hybridized carbons (Fsp3) is 0.375. The van der Waals surface area contributed by atoms with Crippen LogP contribution in [-0.4, -0.2) is 49.0 Å². The summed E-state index contributed by atoms with van der Waals surface area (Å²) in [4.78, 5) is 31.7. The molecule has 3 aromatic rings. The number of hydrogen-bond acceptors (Lipinski definition) is 4. The normalized spacial score (nSPS) is 27.3. The molecular formula is C32H34ClFN2O4Si. The summed E-state index contributed by atoms with van der Waals surface area (Å²) in [6.45, 7) is 5.31. The molecule has 3 heterocycles. The quantitative estimate of drug-likeness (QED) is 0.286. The number of aliphatic hydroxyl groups excluding tert-OH is 1. The van der Waals surface area contributed by atoms with Crippen LogP contribution in [0.25, 0.3) is 0 Å². The van der Waals surface area contributed by atoms with Crippen molar-refractivity contribution in [1.82, 2.24) is 4.90 Å². The van der Waals surface area contributed by atoms with Crippen LogP contribution in [0.1, 0.15) is 30.0 Å². The third-order valence-electron chi connectivity index (χ3n) is 9.11. The number of nitrogens with zero attached hydrogens (tertiary/aromatic N) is 2. The second kappa shape index (κ2) is 10.3. The van der Waals surface area contributed by atoms with Gasteiger partial charge in [0.1, 0.15) is 0 Å². The Morgan fingerprint density at radius 1 is 1.10 bits per heavy atom. The third kappa shape index (κ3) is 4.52. The first-order valence-corrected chi connectivity index (χ1v) is 17.4. The Bertz CT molecular complexity index is 1500. The van der Waals surface area contributed by atoms with Crippen molar-refractivity contribution in [2.75, 3.05) is 11.5 Å². The average molecular weight is 593 g/mol. The summed E-state index contributed by atoms with van der Waals surface area (Å²) in [5, 5.41) is 10.6. The Kier molecular flexibility index (Phi) is 7.09. The maximum atomic E-state index is 16.2. The Morgan fingerprint density at radius 3 is 2.46 bits per heavy atom. The first-order chi connectivity index (χ1) is 19.6. The molecule has 5 atom stereocenters. The molecular weight excluding hydrogens is 559 g/mol. The Balaban J connectivity index is 1.38. The van der Waals surface area contributed by atoms with E-state index in [9.17, 15) is 14.7 Å². The number of aliphatic hydroxyl groups is 1. The first-order valence-electron chi connectivity index (χ1n) is 14.1. The summed E-state index contributed by atoms with van der Waals surface area (Å²) in [6, 6.07) is 22.1. The van der Waals surface area contributed by atoms with Crippen molar-refractivity contribution >= 4 is 43.2 Å². The Labute approximate surface area is 245 Å². The van der Waals surface area contributed by atoms with Crippen LogP contribution in [0.2, 0.25) is 23.7 Å². The predicted molar refractivity (Wildman–Crippen MR) is 159 cm³/mol. The second-order valence-corrected chi connectivity index (χ2v) is 16.2. The maximum Gasteiger partial charge on any atom is 0.268 e. The number of para-hydroxylation sites is 1. The van der Waals surface area contributed by atoms with E-state index >= 15 is 4.11 Å². The molecule has 0 bridgehead atoms. The number of amides is 2. The summed E-state index contributed by atoms with van der Waals surface area (Å²) in [5.74, 6) is -1.05. The summed E-state index contributed by atoms with van der Waals surface area (Å²) < 4.78 is 23.0. The number of rotatable bonds is 5. The molecule has 41 heavy (non-hydrogen) atoms. The minimum absolute atomic E-state index is 0.0791. The van der Waals surface area contributed by atoms with Gasteiger partial charge < -0.3 is 18.9 Å². The zero-order chi connectivity index (χ0) is 29.1. The van der Waals surface area contributed by atoms with Crippen LogP contribution in [0, 0.1) is 5.92 Å². The van der Waals surface area contributed by atoms with Gasteiger partial charge in [-0.25, -0.2) is 0 Å². The molecule has 3 aliphatic heterocycles. The Morgan fingerprint density at radius 2 is 1.78 bits per heavy atom. The predicted octanol–water partition coefficient (Wildman–Crippen LogP) is 6.13. The second-order valence-electron chi connectivity index (χ2n) is 11.9. The SMILES string of the molecule is C[C@@H]1[C@@H]([Si](C)(C)F)[C@H](CC(=O)N2Cc3ccccc3C[C@H]2CO)O[C@@]12C(=O)N(c1ccccc1)c1ccc(Cl)cc12. The number of carbonyl (C=O) groups is 2. The third-order valence-corrected chi connectivity index (χ3v) is 11.8. The highest BCUT2D eigenvalue weighted by atomic mass is 35.5. The molecule has 0 saturated carbocycles. The molecule has 6 nitrogen and oxygen atoms in total. The topological polar surface area (TPSA) is 70.1 Å². The summed E-state index contributed by atoms with van der Waals surface area (Å²) in [7, 11) is -3.46. The van der Waals surface area contributed by atoms with Gasteiger partial charge in [0, 0.05) is 34.3 Å². The Hall–Kier alpha value is -3.04. The molecule has 3 aromatic carbocycles. The average Bonchev–Trinajstić information content (AvgIpc) is 3.38. The number of hydrogen-bond donors (Lipinski definition) is 1. The lowest BCUT2D eigenvalue weighted by atomic mass is 9.82. The van der Waals surface area contributed by atoms with Crippen LogP contribution >= 0.6 is 11.6 Å². The minimum atomic E-state index is -3.46.